The zero-order valence-electron chi connectivity index (χ0n) is 19.8. The molecule has 2 amide bonds. The zero-order chi connectivity index (χ0) is 23.8. The van der Waals surface area contributed by atoms with Crippen molar-refractivity contribution in [2.24, 2.45) is 7.05 Å². The van der Waals surface area contributed by atoms with Crippen molar-refractivity contribution in [2.75, 3.05) is 59.6 Å². The minimum Gasteiger partial charge on any atom is -0.490 e. The van der Waals surface area contributed by atoms with Crippen LogP contribution in [0.25, 0.3) is 0 Å². The zero-order valence-corrected chi connectivity index (χ0v) is 19.8. The third-order valence-electron chi connectivity index (χ3n) is 5.40. The van der Waals surface area contributed by atoms with Gasteiger partial charge in [-0.2, -0.15) is 0 Å². The summed E-state index contributed by atoms with van der Waals surface area (Å²) < 4.78 is 17.9. The Morgan fingerprint density at radius 3 is 2.42 bits per heavy atom. The molecule has 180 valence electrons. The number of ether oxygens (including phenoxy) is 3. The van der Waals surface area contributed by atoms with Crippen LogP contribution in [-0.4, -0.2) is 91.0 Å². The van der Waals surface area contributed by atoms with Gasteiger partial charge in [0, 0.05) is 58.1 Å². The van der Waals surface area contributed by atoms with Crippen LogP contribution in [0.3, 0.4) is 0 Å². The van der Waals surface area contributed by atoms with Crippen LogP contribution in [0.15, 0.2) is 24.4 Å². The summed E-state index contributed by atoms with van der Waals surface area (Å²) in [6.07, 6.45) is 1.68. The number of carbonyl (C=O) groups is 2. The third-order valence-corrected chi connectivity index (χ3v) is 5.40. The Morgan fingerprint density at radius 1 is 1.06 bits per heavy atom. The van der Waals surface area contributed by atoms with E-state index in [2.05, 4.69) is 15.3 Å². The van der Waals surface area contributed by atoms with E-state index in [0.29, 0.717) is 67.9 Å². The Kier molecular flexibility index (Phi) is 8.53. The molecule has 33 heavy (non-hydrogen) atoms. The molecule has 0 bridgehead atoms. The van der Waals surface area contributed by atoms with E-state index in [1.807, 2.05) is 18.7 Å². The molecular formula is C23H33N5O5. The first-order chi connectivity index (χ1) is 16.0. The van der Waals surface area contributed by atoms with E-state index in [1.54, 1.807) is 36.1 Å². The number of carbonyl (C=O) groups excluding carboxylic acids is 2. The largest absolute Gasteiger partial charge is 0.490 e. The van der Waals surface area contributed by atoms with Crippen LogP contribution in [0.5, 0.6) is 17.4 Å². The van der Waals surface area contributed by atoms with Crippen LogP contribution < -0.4 is 19.5 Å². The van der Waals surface area contributed by atoms with E-state index in [-0.39, 0.29) is 11.8 Å². The Balaban J connectivity index is 1.46. The summed E-state index contributed by atoms with van der Waals surface area (Å²) in [4.78, 5) is 29.4. The first kappa shape index (κ1) is 24.4. The summed E-state index contributed by atoms with van der Waals surface area (Å²) in [5, 5.41) is 7.11. The summed E-state index contributed by atoms with van der Waals surface area (Å²) in [6.45, 7) is 8.74. The number of aromatic nitrogens is 2. The fraction of sp³-hybridized carbons (Fsp3) is 0.522. The van der Waals surface area contributed by atoms with Gasteiger partial charge in [0.2, 0.25) is 5.88 Å². The van der Waals surface area contributed by atoms with Crippen molar-refractivity contribution in [3.8, 4) is 17.4 Å². The maximum absolute atomic E-state index is 12.8. The smallest absolute Gasteiger partial charge is 0.261 e. The van der Waals surface area contributed by atoms with Crippen molar-refractivity contribution in [3.05, 3.63) is 35.5 Å². The molecule has 1 aromatic heterocycles. The Hall–Kier alpha value is -3.27. The number of hydrogen-bond donors (Lipinski definition) is 1. The molecule has 0 atom stereocenters. The lowest BCUT2D eigenvalue weighted by molar-refractivity contribution is 0.0634. The first-order valence-electron chi connectivity index (χ1n) is 11.2. The van der Waals surface area contributed by atoms with Crippen LogP contribution in [0, 0.1) is 0 Å². The van der Waals surface area contributed by atoms with Gasteiger partial charge in [-0.05, 0) is 32.0 Å². The third kappa shape index (κ3) is 6.16. The second kappa shape index (κ2) is 11.6. The Labute approximate surface area is 194 Å². The van der Waals surface area contributed by atoms with Gasteiger partial charge in [0.15, 0.2) is 11.5 Å². The highest BCUT2D eigenvalue weighted by Crippen LogP contribution is 2.28. The standard InChI is InChI=1S/C23H33N5O5/c1-5-32-19-8-7-17(15-20(19)33-6-2)21(29)24-9-10-27-11-13-28(14-12-27)23(30)18-16-26(3)25-22(18)31-4/h7-8,15-16H,5-6,9-14H2,1-4H3,(H,24,29). The number of aryl methyl sites for hydroxylation is 1. The SMILES string of the molecule is CCOc1ccc(C(=O)NCCN2CCN(C(=O)c3cn(C)nc3OC)CC2)cc1OCC. The van der Waals surface area contributed by atoms with Crippen molar-refractivity contribution in [2.45, 2.75) is 13.8 Å². The Morgan fingerprint density at radius 2 is 1.76 bits per heavy atom. The number of nitrogens with zero attached hydrogens (tertiary/aromatic N) is 4. The predicted molar refractivity (Wildman–Crippen MR) is 123 cm³/mol. The average molecular weight is 460 g/mol. The van der Waals surface area contributed by atoms with Gasteiger partial charge in [0.25, 0.3) is 11.8 Å². The molecule has 1 aliphatic rings. The fourth-order valence-corrected chi connectivity index (χ4v) is 3.73. The first-order valence-corrected chi connectivity index (χ1v) is 11.2. The maximum Gasteiger partial charge on any atom is 0.261 e. The minimum absolute atomic E-state index is 0.0755. The van der Waals surface area contributed by atoms with E-state index < -0.39 is 0 Å². The van der Waals surface area contributed by atoms with Gasteiger partial charge in [0.05, 0.1) is 20.3 Å². The van der Waals surface area contributed by atoms with Crippen molar-refractivity contribution < 1.29 is 23.8 Å². The molecule has 0 unspecified atom stereocenters. The van der Waals surface area contributed by atoms with Gasteiger partial charge < -0.3 is 24.4 Å². The molecule has 3 rings (SSSR count). The van der Waals surface area contributed by atoms with E-state index in [1.165, 1.54) is 7.11 Å². The molecule has 1 N–H and O–H groups in total. The second-order valence-electron chi connectivity index (χ2n) is 7.64. The summed E-state index contributed by atoms with van der Waals surface area (Å²) in [5.41, 5.74) is 1.00. The summed E-state index contributed by atoms with van der Waals surface area (Å²) in [5.74, 6) is 1.31. The lowest BCUT2D eigenvalue weighted by Gasteiger charge is -2.34. The molecular weight excluding hydrogens is 426 g/mol. The number of methoxy groups -OCH3 is 1. The van der Waals surface area contributed by atoms with E-state index in [0.717, 1.165) is 13.1 Å². The van der Waals surface area contributed by atoms with Gasteiger partial charge in [-0.15, -0.1) is 5.10 Å². The van der Waals surface area contributed by atoms with Gasteiger partial charge >= 0.3 is 0 Å². The molecule has 0 radical (unpaired) electrons. The molecule has 1 fully saturated rings. The van der Waals surface area contributed by atoms with Crippen LogP contribution in [-0.2, 0) is 7.05 Å². The number of nitrogens with one attached hydrogen (secondary N) is 1. The topological polar surface area (TPSA) is 98.2 Å². The van der Waals surface area contributed by atoms with Crippen molar-refractivity contribution in [1.29, 1.82) is 0 Å². The average Bonchev–Trinajstić information content (AvgIpc) is 3.21. The molecule has 10 nitrogen and oxygen atoms in total. The van der Waals surface area contributed by atoms with Gasteiger partial charge in [-0.1, -0.05) is 0 Å². The molecule has 1 aliphatic heterocycles. The lowest BCUT2D eigenvalue weighted by Crippen LogP contribution is -2.50. The predicted octanol–water partition coefficient (Wildman–Crippen LogP) is 1.41. The number of hydrogen-bond acceptors (Lipinski definition) is 7. The van der Waals surface area contributed by atoms with Crippen molar-refractivity contribution in [3.63, 3.8) is 0 Å². The van der Waals surface area contributed by atoms with Crippen molar-refractivity contribution in [1.82, 2.24) is 24.9 Å². The van der Waals surface area contributed by atoms with Gasteiger partial charge in [-0.3, -0.25) is 19.2 Å². The molecule has 10 heteroatoms. The van der Waals surface area contributed by atoms with E-state index >= 15 is 0 Å². The van der Waals surface area contributed by atoms with Gasteiger partial charge in [-0.25, -0.2) is 0 Å². The van der Waals surface area contributed by atoms with Crippen LogP contribution >= 0.6 is 0 Å². The van der Waals surface area contributed by atoms with Crippen molar-refractivity contribution >= 4 is 11.8 Å². The number of piperazine rings is 1. The fourth-order valence-electron chi connectivity index (χ4n) is 3.73. The highest BCUT2D eigenvalue weighted by Gasteiger charge is 2.26. The summed E-state index contributed by atoms with van der Waals surface area (Å²) in [7, 11) is 3.27. The van der Waals surface area contributed by atoms with E-state index in [4.69, 9.17) is 14.2 Å². The number of benzene rings is 1. The van der Waals surface area contributed by atoms with E-state index in [9.17, 15) is 9.59 Å². The highest BCUT2D eigenvalue weighted by molar-refractivity contribution is 5.96. The monoisotopic (exact) mass is 459 g/mol. The van der Waals surface area contributed by atoms with Gasteiger partial charge in [0.1, 0.15) is 5.56 Å². The summed E-state index contributed by atoms with van der Waals surface area (Å²) in [6, 6.07) is 5.21. The number of amides is 2. The normalized spacial score (nSPS) is 14.1. The van der Waals surface area contributed by atoms with Crippen LogP contribution in [0.4, 0.5) is 0 Å². The Bertz CT molecular complexity index is 953. The molecule has 0 aliphatic carbocycles. The molecule has 0 spiro atoms. The number of rotatable bonds is 10. The van der Waals surface area contributed by atoms with Crippen LogP contribution in [0.1, 0.15) is 34.6 Å². The lowest BCUT2D eigenvalue weighted by atomic mass is 10.2. The molecule has 2 heterocycles. The molecule has 1 saturated heterocycles. The van der Waals surface area contributed by atoms with Crippen LogP contribution in [0.2, 0.25) is 0 Å². The minimum atomic E-state index is -0.156. The second-order valence-corrected chi connectivity index (χ2v) is 7.64. The summed E-state index contributed by atoms with van der Waals surface area (Å²) >= 11 is 0. The maximum atomic E-state index is 12.8. The molecule has 2 aromatic rings. The highest BCUT2D eigenvalue weighted by atomic mass is 16.5. The molecule has 1 aromatic carbocycles. The molecule has 0 saturated carbocycles. The quantitative estimate of drug-likeness (QED) is 0.574.